The van der Waals surface area contributed by atoms with E-state index >= 15 is 0 Å². The smallest absolute Gasteiger partial charge is 0.326 e. The summed E-state index contributed by atoms with van der Waals surface area (Å²) in [5.41, 5.74) is 0.864. The zero-order valence-corrected chi connectivity index (χ0v) is 18.1. The highest BCUT2D eigenvalue weighted by Gasteiger charge is 2.22. The fourth-order valence-corrected chi connectivity index (χ4v) is 4.07. The van der Waals surface area contributed by atoms with Gasteiger partial charge in [0.15, 0.2) is 0 Å². The Labute approximate surface area is 184 Å². The van der Waals surface area contributed by atoms with Crippen LogP contribution in [0, 0.1) is 0 Å². The van der Waals surface area contributed by atoms with Crippen LogP contribution in [-0.4, -0.2) is 46.8 Å². The average molecular weight is 441 g/mol. The van der Waals surface area contributed by atoms with Gasteiger partial charge < -0.3 is 14.8 Å². The molecule has 4 heterocycles. The summed E-state index contributed by atoms with van der Waals surface area (Å²) in [7, 11) is 1.56. The molecule has 2 atom stereocenters. The van der Waals surface area contributed by atoms with Crippen molar-refractivity contribution in [2.75, 3.05) is 24.3 Å². The summed E-state index contributed by atoms with van der Waals surface area (Å²) in [6.45, 7) is 3.04. The van der Waals surface area contributed by atoms with Crippen molar-refractivity contribution in [1.29, 1.82) is 0 Å². The van der Waals surface area contributed by atoms with Crippen LogP contribution in [0.5, 0.6) is 11.8 Å². The number of urea groups is 1. The monoisotopic (exact) mass is 440 g/mol. The van der Waals surface area contributed by atoms with Crippen molar-refractivity contribution < 1.29 is 14.3 Å². The third-order valence-electron chi connectivity index (χ3n) is 4.87. The third kappa shape index (κ3) is 5.47. The number of ether oxygens (including phenoxy) is 2. The standard InChI is InChI=1S/C21H24N6O3S/c1-13(15-5-4-9-22-15)30-18-7-3-6-16(24-18)26-21(28)27-17-12-31-20(25-17)14-8-10-23-19(11-14)29-2/h3,6-8,10-13,15,22H,4-5,9H2,1-2H3,(H2,24,26,27,28). The van der Waals surface area contributed by atoms with Gasteiger partial charge in [0, 0.05) is 35.3 Å². The summed E-state index contributed by atoms with van der Waals surface area (Å²) < 4.78 is 11.1. The van der Waals surface area contributed by atoms with E-state index < -0.39 is 6.03 Å². The molecule has 1 saturated heterocycles. The molecular formula is C21H24N6O3S. The zero-order chi connectivity index (χ0) is 21.6. The Hall–Kier alpha value is -3.24. The molecule has 4 rings (SSSR count). The van der Waals surface area contributed by atoms with Crippen LogP contribution in [0.2, 0.25) is 0 Å². The minimum atomic E-state index is -0.431. The lowest BCUT2D eigenvalue weighted by molar-refractivity contribution is 0.173. The molecule has 0 spiro atoms. The van der Waals surface area contributed by atoms with Gasteiger partial charge in [-0.2, -0.15) is 4.98 Å². The van der Waals surface area contributed by atoms with Crippen LogP contribution in [-0.2, 0) is 0 Å². The molecule has 1 aliphatic rings. The van der Waals surface area contributed by atoms with E-state index in [0.717, 1.165) is 30.0 Å². The molecular weight excluding hydrogens is 416 g/mol. The fraction of sp³-hybridized carbons (Fsp3) is 0.333. The van der Waals surface area contributed by atoms with Gasteiger partial charge in [0.1, 0.15) is 22.7 Å². The zero-order valence-electron chi connectivity index (χ0n) is 17.3. The molecule has 0 aliphatic carbocycles. The van der Waals surface area contributed by atoms with E-state index in [4.69, 9.17) is 9.47 Å². The van der Waals surface area contributed by atoms with Gasteiger partial charge in [-0.05, 0) is 38.4 Å². The summed E-state index contributed by atoms with van der Waals surface area (Å²) in [5, 5.41) is 11.4. The second kappa shape index (κ2) is 9.71. The van der Waals surface area contributed by atoms with E-state index in [0.29, 0.717) is 29.4 Å². The summed E-state index contributed by atoms with van der Waals surface area (Å²) in [4.78, 5) is 25.3. The SMILES string of the molecule is COc1cc(-c2nc(NC(=O)Nc3cccc(OC(C)C4CCCN4)n3)cs2)ccn1. The van der Waals surface area contributed by atoms with E-state index in [2.05, 4.69) is 30.9 Å². The average Bonchev–Trinajstić information content (AvgIpc) is 3.46. The van der Waals surface area contributed by atoms with Crippen molar-refractivity contribution in [3.8, 4) is 22.3 Å². The number of pyridine rings is 2. The highest BCUT2D eigenvalue weighted by molar-refractivity contribution is 7.13. The minimum Gasteiger partial charge on any atom is -0.481 e. The number of thiazole rings is 1. The molecule has 9 nitrogen and oxygen atoms in total. The molecule has 1 aliphatic heterocycles. The number of anilines is 2. The van der Waals surface area contributed by atoms with E-state index in [9.17, 15) is 4.79 Å². The molecule has 3 N–H and O–H groups in total. The first-order valence-electron chi connectivity index (χ1n) is 10.0. The van der Waals surface area contributed by atoms with E-state index in [1.54, 1.807) is 43.0 Å². The maximum Gasteiger partial charge on any atom is 0.326 e. The van der Waals surface area contributed by atoms with Crippen molar-refractivity contribution in [3.05, 3.63) is 41.9 Å². The number of amides is 2. The molecule has 31 heavy (non-hydrogen) atoms. The number of nitrogens with one attached hydrogen (secondary N) is 3. The second-order valence-corrected chi connectivity index (χ2v) is 7.95. The van der Waals surface area contributed by atoms with Gasteiger partial charge >= 0.3 is 6.03 Å². The van der Waals surface area contributed by atoms with Crippen molar-refractivity contribution >= 4 is 29.0 Å². The van der Waals surface area contributed by atoms with Gasteiger partial charge in [0.25, 0.3) is 0 Å². The Morgan fingerprint density at radius 1 is 1.23 bits per heavy atom. The number of carbonyl (C=O) groups is 1. The van der Waals surface area contributed by atoms with Gasteiger partial charge in [-0.1, -0.05) is 6.07 Å². The van der Waals surface area contributed by atoms with Crippen LogP contribution < -0.4 is 25.4 Å². The van der Waals surface area contributed by atoms with Crippen molar-refractivity contribution in [3.63, 3.8) is 0 Å². The Kier molecular flexibility index (Phi) is 6.58. The van der Waals surface area contributed by atoms with Crippen molar-refractivity contribution in [2.24, 2.45) is 0 Å². The first-order chi connectivity index (χ1) is 15.1. The highest BCUT2D eigenvalue weighted by Crippen LogP contribution is 2.27. The minimum absolute atomic E-state index is 0.000635. The third-order valence-corrected chi connectivity index (χ3v) is 5.76. The van der Waals surface area contributed by atoms with Gasteiger partial charge in [-0.3, -0.25) is 10.6 Å². The normalized spacial score (nSPS) is 16.5. The van der Waals surface area contributed by atoms with Gasteiger partial charge in [0.2, 0.25) is 11.8 Å². The lowest BCUT2D eigenvalue weighted by atomic mass is 10.1. The summed E-state index contributed by atoms with van der Waals surface area (Å²) >= 11 is 1.41. The van der Waals surface area contributed by atoms with Crippen molar-refractivity contribution in [2.45, 2.75) is 31.9 Å². The molecule has 3 aromatic heterocycles. The molecule has 1 fully saturated rings. The topological polar surface area (TPSA) is 110 Å². The number of carbonyl (C=O) groups excluding carboxylic acids is 1. The number of methoxy groups -OCH3 is 1. The molecule has 162 valence electrons. The van der Waals surface area contributed by atoms with Gasteiger partial charge in [-0.25, -0.2) is 14.8 Å². The van der Waals surface area contributed by atoms with Crippen LogP contribution in [0.4, 0.5) is 16.4 Å². The first-order valence-corrected chi connectivity index (χ1v) is 10.9. The predicted octanol–water partition coefficient (Wildman–Crippen LogP) is 3.77. The summed E-state index contributed by atoms with van der Waals surface area (Å²) in [6, 6.07) is 8.80. The quantitative estimate of drug-likeness (QED) is 0.513. The van der Waals surface area contributed by atoms with Crippen molar-refractivity contribution in [1.82, 2.24) is 20.3 Å². The predicted molar refractivity (Wildman–Crippen MR) is 120 cm³/mol. The van der Waals surface area contributed by atoms with E-state index in [1.807, 2.05) is 13.0 Å². The van der Waals surface area contributed by atoms with Crippen LogP contribution in [0.25, 0.3) is 10.6 Å². The van der Waals surface area contributed by atoms with Crippen LogP contribution in [0.3, 0.4) is 0 Å². The van der Waals surface area contributed by atoms with E-state index in [1.165, 1.54) is 11.3 Å². The van der Waals surface area contributed by atoms with Gasteiger partial charge in [-0.15, -0.1) is 11.3 Å². The number of rotatable bonds is 7. The molecule has 2 amide bonds. The Morgan fingerprint density at radius 2 is 2.10 bits per heavy atom. The highest BCUT2D eigenvalue weighted by atomic mass is 32.1. The maximum absolute atomic E-state index is 12.4. The second-order valence-electron chi connectivity index (χ2n) is 7.09. The number of aromatic nitrogens is 3. The molecule has 0 saturated carbocycles. The maximum atomic E-state index is 12.4. The largest absolute Gasteiger partial charge is 0.481 e. The summed E-state index contributed by atoms with van der Waals surface area (Å²) in [6.07, 6.45) is 3.89. The molecule has 0 bridgehead atoms. The fourth-order valence-electron chi connectivity index (χ4n) is 3.32. The lowest BCUT2D eigenvalue weighted by Gasteiger charge is -2.20. The Balaban J connectivity index is 1.35. The lowest BCUT2D eigenvalue weighted by Crippen LogP contribution is -2.36. The van der Waals surface area contributed by atoms with E-state index in [-0.39, 0.29) is 6.10 Å². The summed E-state index contributed by atoms with van der Waals surface area (Å²) in [5.74, 6) is 1.82. The van der Waals surface area contributed by atoms with Gasteiger partial charge in [0.05, 0.1) is 7.11 Å². The van der Waals surface area contributed by atoms with Crippen LogP contribution in [0.1, 0.15) is 19.8 Å². The molecule has 3 aromatic rings. The van der Waals surface area contributed by atoms with Crippen LogP contribution in [0.15, 0.2) is 41.9 Å². The first kappa shape index (κ1) is 21.0. The molecule has 0 radical (unpaired) electrons. The number of nitrogens with zero attached hydrogens (tertiary/aromatic N) is 3. The molecule has 10 heteroatoms. The Morgan fingerprint density at radius 3 is 2.90 bits per heavy atom. The molecule has 0 aromatic carbocycles. The van der Waals surface area contributed by atoms with Crippen LogP contribution >= 0.6 is 11.3 Å². The Bertz CT molecular complexity index is 1040. The number of hydrogen-bond donors (Lipinski definition) is 3. The molecule has 2 unspecified atom stereocenters. The number of hydrogen-bond acceptors (Lipinski definition) is 8.